The molecule has 1 aromatic rings. The van der Waals surface area contributed by atoms with Crippen LogP contribution in [0.3, 0.4) is 0 Å². The molecule has 0 spiro atoms. The fourth-order valence-electron chi connectivity index (χ4n) is 1.89. The van der Waals surface area contributed by atoms with Crippen molar-refractivity contribution in [3.8, 4) is 11.5 Å². The van der Waals surface area contributed by atoms with Gasteiger partial charge >= 0.3 is 0 Å². The number of hydrogen-bond donors (Lipinski definition) is 0. The van der Waals surface area contributed by atoms with Gasteiger partial charge in [0.1, 0.15) is 11.5 Å². The van der Waals surface area contributed by atoms with E-state index >= 15 is 0 Å². The van der Waals surface area contributed by atoms with E-state index in [2.05, 4.69) is 0 Å². The Morgan fingerprint density at radius 3 is 2.06 bits per heavy atom. The molecular weight excluding hydrogens is 236 g/mol. The minimum Gasteiger partial charge on any atom is -0.496 e. The van der Waals surface area contributed by atoms with Crippen molar-refractivity contribution in [1.82, 2.24) is 0 Å². The molecule has 0 saturated heterocycles. The monoisotopic (exact) mass is 246 g/mol. The van der Waals surface area contributed by atoms with Crippen LogP contribution in [-0.2, 0) is 4.79 Å². The highest BCUT2D eigenvalue weighted by molar-refractivity contribution is 6.32. The lowest BCUT2D eigenvalue weighted by Gasteiger charge is -2.17. The number of Topliss-reactive ketones (excluding diaryl/α,β-unsaturated/α-hetero) is 1. The van der Waals surface area contributed by atoms with E-state index in [-0.39, 0.29) is 28.2 Å². The molecule has 0 N–H and O–H groups in total. The molecular formula is C13H10O5. The Morgan fingerprint density at radius 2 is 1.56 bits per heavy atom. The molecule has 0 bridgehead atoms. The second-order valence-electron chi connectivity index (χ2n) is 3.63. The molecule has 2 rings (SSSR count). The Kier molecular flexibility index (Phi) is 2.97. The van der Waals surface area contributed by atoms with Gasteiger partial charge in [-0.2, -0.15) is 0 Å². The maximum absolute atomic E-state index is 12.1. The van der Waals surface area contributed by atoms with Gasteiger partial charge < -0.3 is 9.47 Å². The second kappa shape index (κ2) is 4.44. The first-order valence-electron chi connectivity index (χ1n) is 5.15. The lowest BCUT2D eigenvalue weighted by Crippen LogP contribution is -2.19. The number of hydrogen-bond acceptors (Lipinski definition) is 5. The Hall–Kier alpha value is -2.43. The number of ketones is 2. The largest absolute Gasteiger partial charge is 0.496 e. The molecule has 18 heavy (non-hydrogen) atoms. The highest BCUT2D eigenvalue weighted by atomic mass is 16.5. The van der Waals surface area contributed by atoms with E-state index in [4.69, 9.17) is 9.47 Å². The number of carbonyl (C=O) groups excluding carboxylic acids is 3. The topological polar surface area (TPSA) is 69.7 Å². The van der Waals surface area contributed by atoms with Crippen molar-refractivity contribution in [2.45, 2.75) is 0 Å². The lowest BCUT2D eigenvalue weighted by molar-refractivity contribution is -0.104. The van der Waals surface area contributed by atoms with Crippen molar-refractivity contribution in [2.75, 3.05) is 14.2 Å². The summed E-state index contributed by atoms with van der Waals surface area (Å²) in [4.78, 5) is 34.7. The van der Waals surface area contributed by atoms with Gasteiger partial charge in [0.25, 0.3) is 0 Å². The molecule has 92 valence electrons. The number of carbonyl (C=O) groups is 3. The smallest absolute Gasteiger partial charge is 0.201 e. The molecule has 0 heterocycles. The molecule has 1 aromatic carbocycles. The predicted octanol–water partition coefficient (Wildman–Crippen LogP) is 1.21. The standard InChI is InChI=1S/C13H10O5/c1-17-9-3-4-10(18-2)12-11(9)8(15)5-7(6-14)13(12)16/h3-6H,1-2H3. The van der Waals surface area contributed by atoms with Crippen LogP contribution in [-0.4, -0.2) is 32.1 Å². The summed E-state index contributed by atoms with van der Waals surface area (Å²) in [5, 5.41) is 0. The summed E-state index contributed by atoms with van der Waals surface area (Å²) in [6.07, 6.45) is 1.38. The van der Waals surface area contributed by atoms with Gasteiger partial charge in [0.15, 0.2) is 12.1 Å². The number of ether oxygens (including phenoxy) is 2. The van der Waals surface area contributed by atoms with E-state index in [0.717, 1.165) is 6.08 Å². The fraction of sp³-hybridized carbons (Fsp3) is 0.154. The van der Waals surface area contributed by atoms with Crippen molar-refractivity contribution in [3.63, 3.8) is 0 Å². The zero-order chi connectivity index (χ0) is 13.3. The predicted molar refractivity (Wildman–Crippen MR) is 62.4 cm³/mol. The average Bonchev–Trinajstić information content (AvgIpc) is 2.41. The van der Waals surface area contributed by atoms with Crippen LogP contribution in [0.25, 0.3) is 0 Å². The lowest BCUT2D eigenvalue weighted by atomic mass is 9.88. The van der Waals surface area contributed by atoms with Gasteiger partial charge in [-0.3, -0.25) is 14.4 Å². The normalized spacial score (nSPS) is 13.8. The Balaban J connectivity index is 2.78. The molecule has 1 aliphatic carbocycles. The van der Waals surface area contributed by atoms with Gasteiger partial charge in [-0.05, 0) is 12.1 Å². The zero-order valence-electron chi connectivity index (χ0n) is 9.85. The van der Waals surface area contributed by atoms with Crippen LogP contribution >= 0.6 is 0 Å². The first kappa shape index (κ1) is 12.0. The van der Waals surface area contributed by atoms with Gasteiger partial charge in [0, 0.05) is 6.08 Å². The number of methoxy groups -OCH3 is 2. The van der Waals surface area contributed by atoms with Crippen LogP contribution in [0, 0.1) is 0 Å². The maximum Gasteiger partial charge on any atom is 0.201 e. The quantitative estimate of drug-likeness (QED) is 0.592. The Bertz CT molecular complexity index is 583. The fourth-order valence-corrected chi connectivity index (χ4v) is 1.89. The molecule has 0 unspecified atom stereocenters. The Labute approximate surface area is 103 Å². The first-order chi connectivity index (χ1) is 8.63. The molecule has 0 atom stereocenters. The summed E-state index contributed by atoms with van der Waals surface area (Å²) in [6.45, 7) is 0. The molecule has 0 aliphatic heterocycles. The summed E-state index contributed by atoms with van der Waals surface area (Å²) < 4.78 is 10.1. The summed E-state index contributed by atoms with van der Waals surface area (Å²) in [7, 11) is 2.79. The van der Waals surface area contributed by atoms with Crippen LogP contribution < -0.4 is 9.47 Å². The number of rotatable bonds is 3. The molecule has 0 fully saturated rings. The minimum atomic E-state index is -0.532. The molecule has 1 aliphatic rings. The molecule has 0 aromatic heterocycles. The van der Waals surface area contributed by atoms with Crippen molar-refractivity contribution in [1.29, 1.82) is 0 Å². The van der Waals surface area contributed by atoms with E-state index in [1.165, 1.54) is 20.3 Å². The van der Waals surface area contributed by atoms with Gasteiger partial charge in [-0.15, -0.1) is 0 Å². The molecule has 0 radical (unpaired) electrons. The highest BCUT2D eigenvalue weighted by Gasteiger charge is 2.31. The van der Waals surface area contributed by atoms with Crippen molar-refractivity contribution in [2.24, 2.45) is 0 Å². The molecule has 0 saturated carbocycles. The van der Waals surface area contributed by atoms with Gasteiger partial charge in [-0.1, -0.05) is 0 Å². The van der Waals surface area contributed by atoms with Crippen LogP contribution in [0.2, 0.25) is 0 Å². The van der Waals surface area contributed by atoms with E-state index < -0.39 is 11.6 Å². The highest BCUT2D eigenvalue weighted by Crippen LogP contribution is 2.35. The average molecular weight is 246 g/mol. The molecule has 5 nitrogen and oxygen atoms in total. The third kappa shape index (κ3) is 1.60. The van der Waals surface area contributed by atoms with Crippen LogP contribution in [0.5, 0.6) is 11.5 Å². The van der Waals surface area contributed by atoms with Crippen LogP contribution in [0.15, 0.2) is 23.8 Å². The SMILES string of the molecule is COc1ccc(OC)c2c1C(=O)C=C(C=O)C2=O. The minimum absolute atomic E-state index is 0.0754. The van der Waals surface area contributed by atoms with E-state index in [9.17, 15) is 14.4 Å². The van der Waals surface area contributed by atoms with E-state index in [1.807, 2.05) is 0 Å². The van der Waals surface area contributed by atoms with Crippen LogP contribution in [0.4, 0.5) is 0 Å². The second-order valence-corrected chi connectivity index (χ2v) is 3.63. The number of benzene rings is 1. The summed E-state index contributed by atoms with van der Waals surface area (Å²) in [5.74, 6) is -0.445. The van der Waals surface area contributed by atoms with Crippen molar-refractivity contribution < 1.29 is 23.9 Å². The van der Waals surface area contributed by atoms with Crippen molar-refractivity contribution >= 4 is 17.9 Å². The zero-order valence-corrected chi connectivity index (χ0v) is 9.85. The van der Waals surface area contributed by atoms with E-state index in [1.54, 1.807) is 6.07 Å². The number of fused-ring (bicyclic) bond motifs is 1. The van der Waals surface area contributed by atoms with Gasteiger partial charge in [0.05, 0.1) is 30.9 Å². The summed E-state index contributed by atoms with van der Waals surface area (Å²) in [5.41, 5.74) is 0.0259. The maximum atomic E-state index is 12.1. The first-order valence-corrected chi connectivity index (χ1v) is 5.15. The Morgan fingerprint density at radius 1 is 1.00 bits per heavy atom. The van der Waals surface area contributed by atoms with E-state index in [0.29, 0.717) is 6.29 Å². The number of allylic oxidation sites excluding steroid dienone is 2. The van der Waals surface area contributed by atoms with Gasteiger partial charge in [-0.25, -0.2) is 0 Å². The molecule has 5 heteroatoms. The molecule has 0 amide bonds. The summed E-state index contributed by atoms with van der Waals surface area (Å²) in [6, 6.07) is 3.07. The van der Waals surface area contributed by atoms with Crippen LogP contribution in [0.1, 0.15) is 20.7 Å². The third-order valence-corrected chi connectivity index (χ3v) is 2.72. The summed E-state index contributed by atoms with van der Waals surface area (Å²) >= 11 is 0. The number of aldehydes is 1. The third-order valence-electron chi connectivity index (χ3n) is 2.72. The van der Waals surface area contributed by atoms with Gasteiger partial charge in [0.2, 0.25) is 5.78 Å². The van der Waals surface area contributed by atoms with Crippen molar-refractivity contribution in [3.05, 3.63) is 34.9 Å².